The van der Waals surface area contributed by atoms with Crippen LogP contribution in [0, 0.1) is 0 Å². The Balaban J connectivity index is 2.05. The zero-order valence-corrected chi connectivity index (χ0v) is 18.0. The van der Waals surface area contributed by atoms with Crippen LogP contribution in [-0.4, -0.2) is 63.5 Å². The van der Waals surface area contributed by atoms with Gasteiger partial charge in [-0.3, -0.25) is 9.59 Å². The van der Waals surface area contributed by atoms with Crippen LogP contribution in [0.5, 0.6) is 0 Å². The zero-order valence-electron chi connectivity index (χ0n) is 18.0. The number of esters is 1. The van der Waals surface area contributed by atoms with Gasteiger partial charge in [0.1, 0.15) is 12.1 Å². The molecule has 1 aromatic rings. The van der Waals surface area contributed by atoms with Crippen LogP contribution in [0.4, 0.5) is 10.5 Å². The lowest BCUT2D eigenvalue weighted by Gasteiger charge is -2.29. The number of nitrogens with zero attached hydrogens (tertiary/aromatic N) is 1. The molecule has 9 heteroatoms. The first-order valence-corrected chi connectivity index (χ1v) is 9.93. The highest BCUT2D eigenvalue weighted by atomic mass is 16.6. The Morgan fingerprint density at radius 2 is 1.90 bits per heavy atom. The van der Waals surface area contributed by atoms with Crippen molar-refractivity contribution >= 4 is 23.7 Å². The van der Waals surface area contributed by atoms with Gasteiger partial charge in [0.2, 0.25) is 5.91 Å². The molecule has 0 unspecified atom stereocenters. The number of carbonyl (C=O) groups is 3. The number of methoxy groups -OCH3 is 1. The molecule has 0 bridgehead atoms. The summed E-state index contributed by atoms with van der Waals surface area (Å²) < 4.78 is 15.3. The summed E-state index contributed by atoms with van der Waals surface area (Å²) in [6, 6.07) is 7.07. The van der Waals surface area contributed by atoms with Crippen molar-refractivity contribution in [3.05, 3.63) is 29.8 Å². The lowest BCUT2D eigenvalue weighted by atomic mass is 10.0. The maximum atomic E-state index is 12.4. The molecule has 1 aromatic carbocycles. The first-order chi connectivity index (χ1) is 14.2. The summed E-state index contributed by atoms with van der Waals surface area (Å²) in [5.41, 5.74) is 1.11. The van der Waals surface area contributed by atoms with Crippen LogP contribution in [0.2, 0.25) is 0 Å². The van der Waals surface area contributed by atoms with E-state index >= 15 is 0 Å². The van der Waals surface area contributed by atoms with Gasteiger partial charge in [0.15, 0.2) is 0 Å². The molecule has 2 N–H and O–H groups in total. The number of amides is 2. The summed E-state index contributed by atoms with van der Waals surface area (Å²) in [7, 11) is 1.30. The van der Waals surface area contributed by atoms with E-state index in [0.717, 1.165) is 24.3 Å². The minimum absolute atomic E-state index is 0.0265. The van der Waals surface area contributed by atoms with Crippen LogP contribution in [0.15, 0.2) is 24.3 Å². The van der Waals surface area contributed by atoms with E-state index in [0.29, 0.717) is 13.2 Å². The molecular weight excluding hydrogens is 390 g/mol. The molecule has 0 spiro atoms. The summed E-state index contributed by atoms with van der Waals surface area (Å²) in [5, 5.41) is 5.21. The number of nitrogens with one attached hydrogen (secondary N) is 2. The van der Waals surface area contributed by atoms with Gasteiger partial charge < -0.3 is 29.7 Å². The quantitative estimate of drug-likeness (QED) is 0.646. The van der Waals surface area contributed by atoms with Gasteiger partial charge in [-0.05, 0) is 38.5 Å². The molecule has 1 atom stereocenters. The molecule has 1 saturated heterocycles. The van der Waals surface area contributed by atoms with Crippen molar-refractivity contribution in [2.45, 2.75) is 38.8 Å². The fraction of sp³-hybridized carbons (Fsp3) is 0.571. The Bertz CT molecular complexity index is 741. The standard InChI is InChI=1S/C21H31N3O6/c1-21(2,3)30-20(27)22-14-18(25)23-17(13-19(26)28-4)15-6-5-7-16(12-15)24-8-10-29-11-9-24/h5-7,12,17H,8-11,13-14H2,1-4H3,(H,22,27)(H,23,25)/t17-/m0/s1. The van der Waals surface area contributed by atoms with Gasteiger partial charge in [0, 0.05) is 18.8 Å². The van der Waals surface area contributed by atoms with Gasteiger partial charge in [-0.1, -0.05) is 12.1 Å². The fourth-order valence-electron chi connectivity index (χ4n) is 2.97. The lowest BCUT2D eigenvalue weighted by Crippen LogP contribution is -2.41. The monoisotopic (exact) mass is 421 g/mol. The topological polar surface area (TPSA) is 106 Å². The SMILES string of the molecule is COC(=O)C[C@H](NC(=O)CNC(=O)OC(C)(C)C)c1cccc(N2CCOCC2)c1. The highest BCUT2D eigenvalue weighted by Gasteiger charge is 2.22. The van der Waals surface area contributed by atoms with Gasteiger partial charge in [-0.15, -0.1) is 0 Å². The second kappa shape index (κ2) is 10.8. The fourth-order valence-corrected chi connectivity index (χ4v) is 2.97. The summed E-state index contributed by atoms with van der Waals surface area (Å²) in [4.78, 5) is 38.2. The number of benzene rings is 1. The number of anilines is 1. The summed E-state index contributed by atoms with van der Waals surface area (Å²) >= 11 is 0. The molecule has 1 aliphatic heterocycles. The van der Waals surface area contributed by atoms with E-state index < -0.39 is 29.6 Å². The number of ether oxygens (including phenoxy) is 3. The molecule has 0 saturated carbocycles. The van der Waals surface area contributed by atoms with Crippen molar-refractivity contribution in [3.63, 3.8) is 0 Å². The Labute approximate surface area is 177 Å². The predicted octanol–water partition coefficient (Wildman–Crippen LogP) is 1.77. The third-order valence-corrected chi connectivity index (χ3v) is 4.37. The summed E-state index contributed by atoms with van der Waals surface area (Å²) in [5.74, 6) is -0.885. The van der Waals surface area contributed by atoms with Crippen LogP contribution in [0.1, 0.15) is 38.8 Å². The van der Waals surface area contributed by atoms with Gasteiger partial charge in [-0.2, -0.15) is 0 Å². The van der Waals surface area contributed by atoms with Crippen molar-refractivity contribution in [2.24, 2.45) is 0 Å². The van der Waals surface area contributed by atoms with Gasteiger partial charge in [-0.25, -0.2) is 4.79 Å². The molecule has 2 rings (SSSR count). The molecular formula is C21H31N3O6. The molecule has 0 aromatic heterocycles. The van der Waals surface area contributed by atoms with E-state index in [1.807, 2.05) is 24.3 Å². The maximum absolute atomic E-state index is 12.4. The minimum atomic E-state index is -0.684. The molecule has 1 fully saturated rings. The van der Waals surface area contributed by atoms with Crippen molar-refractivity contribution in [3.8, 4) is 0 Å². The Morgan fingerprint density at radius 1 is 1.20 bits per heavy atom. The van der Waals surface area contributed by atoms with Crippen LogP contribution in [-0.2, 0) is 23.8 Å². The Morgan fingerprint density at radius 3 is 2.53 bits per heavy atom. The Kier molecular flexibility index (Phi) is 8.46. The van der Waals surface area contributed by atoms with Crippen molar-refractivity contribution in [1.29, 1.82) is 0 Å². The lowest BCUT2D eigenvalue weighted by molar-refractivity contribution is -0.141. The number of hydrogen-bond acceptors (Lipinski definition) is 7. The average molecular weight is 421 g/mol. The smallest absolute Gasteiger partial charge is 0.408 e. The molecule has 30 heavy (non-hydrogen) atoms. The van der Waals surface area contributed by atoms with E-state index in [4.69, 9.17) is 14.2 Å². The van der Waals surface area contributed by atoms with Gasteiger partial charge >= 0.3 is 12.1 Å². The highest BCUT2D eigenvalue weighted by Crippen LogP contribution is 2.24. The van der Waals surface area contributed by atoms with E-state index in [9.17, 15) is 14.4 Å². The zero-order chi connectivity index (χ0) is 22.1. The number of rotatable bonds is 7. The molecule has 1 aliphatic rings. The van der Waals surface area contributed by atoms with E-state index in [-0.39, 0.29) is 13.0 Å². The van der Waals surface area contributed by atoms with E-state index in [1.54, 1.807) is 20.8 Å². The third kappa shape index (κ3) is 7.90. The maximum Gasteiger partial charge on any atom is 0.408 e. The van der Waals surface area contributed by atoms with Gasteiger partial charge in [0.25, 0.3) is 0 Å². The largest absolute Gasteiger partial charge is 0.469 e. The van der Waals surface area contributed by atoms with Crippen molar-refractivity contribution in [2.75, 3.05) is 44.9 Å². The molecule has 166 valence electrons. The van der Waals surface area contributed by atoms with Crippen molar-refractivity contribution < 1.29 is 28.6 Å². The first kappa shape index (κ1) is 23.5. The van der Waals surface area contributed by atoms with Crippen LogP contribution >= 0.6 is 0 Å². The van der Waals surface area contributed by atoms with Gasteiger partial charge in [0.05, 0.1) is 32.8 Å². The molecule has 2 amide bonds. The number of morpholine rings is 1. The predicted molar refractivity (Wildman–Crippen MR) is 111 cm³/mol. The van der Waals surface area contributed by atoms with Crippen molar-refractivity contribution in [1.82, 2.24) is 10.6 Å². The van der Waals surface area contributed by atoms with Crippen LogP contribution < -0.4 is 15.5 Å². The Hall–Kier alpha value is -2.81. The molecule has 9 nitrogen and oxygen atoms in total. The molecule has 0 aliphatic carbocycles. The average Bonchev–Trinajstić information content (AvgIpc) is 2.71. The molecule has 1 heterocycles. The number of hydrogen-bond donors (Lipinski definition) is 2. The number of alkyl carbamates (subject to hydrolysis) is 1. The minimum Gasteiger partial charge on any atom is -0.469 e. The van der Waals surface area contributed by atoms with E-state index in [2.05, 4.69) is 15.5 Å². The molecule has 0 radical (unpaired) electrons. The summed E-state index contributed by atoms with van der Waals surface area (Å²) in [6.07, 6.45) is -0.710. The number of carbonyl (C=O) groups excluding carboxylic acids is 3. The van der Waals surface area contributed by atoms with E-state index in [1.165, 1.54) is 7.11 Å². The van der Waals surface area contributed by atoms with Crippen LogP contribution in [0.25, 0.3) is 0 Å². The first-order valence-electron chi connectivity index (χ1n) is 9.93. The highest BCUT2D eigenvalue weighted by molar-refractivity contribution is 5.83. The normalized spacial score (nSPS) is 15.1. The second-order valence-electron chi connectivity index (χ2n) is 7.95. The second-order valence-corrected chi connectivity index (χ2v) is 7.95. The summed E-state index contributed by atoms with van der Waals surface area (Å²) in [6.45, 7) is 7.80. The van der Waals surface area contributed by atoms with Crippen LogP contribution in [0.3, 0.4) is 0 Å². The third-order valence-electron chi connectivity index (χ3n) is 4.37.